The van der Waals surface area contributed by atoms with Crippen LogP contribution in [0.1, 0.15) is 5.56 Å². The molecule has 8 heteroatoms. The molecule has 2 amide bonds. The molecule has 0 aliphatic heterocycles. The van der Waals surface area contributed by atoms with Gasteiger partial charge in [-0.3, -0.25) is 9.59 Å². The number of anilines is 1. The third-order valence-corrected chi connectivity index (χ3v) is 4.50. The second-order valence-corrected chi connectivity index (χ2v) is 6.92. The van der Waals surface area contributed by atoms with Crippen LogP contribution in [-0.2, 0) is 9.59 Å². The first-order valence-corrected chi connectivity index (χ1v) is 9.93. The topological polar surface area (TPSA) is 99.9 Å². The van der Waals surface area contributed by atoms with Crippen molar-refractivity contribution in [3.8, 4) is 23.0 Å². The van der Waals surface area contributed by atoms with Crippen LogP contribution in [-0.4, -0.2) is 25.5 Å². The maximum atomic E-state index is 12.5. The Bertz CT molecular complexity index is 1150. The van der Waals surface area contributed by atoms with Gasteiger partial charge in [-0.15, -0.1) is 0 Å². The molecule has 7 nitrogen and oxygen atoms in total. The van der Waals surface area contributed by atoms with Crippen molar-refractivity contribution in [3.05, 3.63) is 83.4 Å². The van der Waals surface area contributed by atoms with Crippen molar-refractivity contribution < 1.29 is 23.8 Å². The van der Waals surface area contributed by atoms with Crippen LogP contribution in [0.15, 0.2) is 72.8 Å². The fourth-order valence-electron chi connectivity index (χ4n) is 2.71. The van der Waals surface area contributed by atoms with E-state index in [0.29, 0.717) is 39.3 Å². The maximum Gasteiger partial charge on any atom is 0.255 e. The van der Waals surface area contributed by atoms with Gasteiger partial charge in [-0.1, -0.05) is 41.9 Å². The predicted octanol–water partition coefficient (Wildman–Crippen LogP) is 4.66. The predicted molar refractivity (Wildman–Crippen MR) is 123 cm³/mol. The zero-order chi connectivity index (χ0) is 22.9. The lowest BCUT2D eigenvalue weighted by molar-refractivity contribution is -0.120. The first kappa shape index (κ1) is 22.7. The molecule has 0 bridgehead atoms. The molecule has 3 N–H and O–H groups in total. The van der Waals surface area contributed by atoms with E-state index >= 15 is 0 Å². The number of para-hydroxylation sites is 3. The number of carbonyl (C=O) groups is 2. The molecule has 3 aromatic carbocycles. The maximum absolute atomic E-state index is 12.5. The summed E-state index contributed by atoms with van der Waals surface area (Å²) in [5, 5.41) is 3.26. The first-order valence-electron chi connectivity index (χ1n) is 9.56. The minimum Gasteiger partial charge on any atom is -0.493 e. The smallest absolute Gasteiger partial charge is 0.255 e. The second-order valence-electron chi connectivity index (χ2n) is 6.52. The summed E-state index contributed by atoms with van der Waals surface area (Å²) in [6.07, 6.45) is 3.00. The molecule has 32 heavy (non-hydrogen) atoms. The molecule has 164 valence electrons. The van der Waals surface area contributed by atoms with Crippen molar-refractivity contribution in [1.29, 1.82) is 0 Å². The lowest BCUT2D eigenvalue weighted by Crippen LogP contribution is -2.20. The minimum atomic E-state index is -0.591. The number of primary amides is 1. The minimum absolute atomic E-state index is 0.260. The van der Waals surface area contributed by atoms with Gasteiger partial charge in [-0.2, -0.15) is 0 Å². The second kappa shape index (κ2) is 10.9. The number of nitrogens with one attached hydrogen (secondary N) is 1. The number of halogens is 1. The van der Waals surface area contributed by atoms with Crippen LogP contribution in [0.4, 0.5) is 5.69 Å². The van der Waals surface area contributed by atoms with Crippen molar-refractivity contribution in [2.75, 3.05) is 19.0 Å². The van der Waals surface area contributed by atoms with Crippen molar-refractivity contribution >= 4 is 35.2 Å². The molecule has 0 aliphatic carbocycles. The monoisotopic (exact) mass is 452 g/mol. The lowest BCUT2D eigenvalue weighted by Gasteiger charge is -2.12. The van der Waals surface area contributed by atoms with Crippen LogP contribution in [0.5, 0.6) is 23.0 Å². The van der Waals surface area contributed by atoms with Gasteiger partial charge in [0.1, 0.15) is 5.75 Å². The van der Waals surface area contributed by atoms with Gasteiger partial charge in [-0.05, 0) is 48.0 Å². The van der Waals surface area contributed by atoms with Gasteiger partial charge in [0.05, 0.1) is 17.8 Å². The highest BCUT2D eigenvalue weighted by atomic mass is 35.5. The average Bonchev–Trinajstić information content (AvgIpc) is 2.79. The standard InChI is InChI=1S/C24H21ClN2O5/c1-30-22-14-16(10-12-21(22)31-15-23(26)28)11-13-24(29)27-18-7-3-5-9-20(18)32-19-8-4-2-6-17(19)25/h2-14H,15H2,1H3,(H2,26,28)(H,27,29). The van der Waals surface area contributed by atoms with Gasteiger partial charge in [0.25, 0.3) is 5.91 Å². The van der Waals surface area contributed by atoms with E-state index in [4.69, 9.17) is 31.5 Å². The number of rotatable bonds is 9. The molecular weight excluding hydrogens is 432 g/mol. The molecular formula is C24H21ClN2O5. The van der Waals surface area contributed by atoms with Crippen LogP contribution in [0, 0.1) is 0 Å². The Labute approximate surface area is 190 Å². The molecule has 0 unspecified atom stereocenters. The summed E-state index contributed by atoms with van der Waals surface area (Å²) in [4.78, 5) is 23.4. The fourth-order valence-corrected chi connectivity index (χ4v) is 2.88. The molecule has 0 fully saturated rings. The molecule has 0 aliphatic rings. The number of ether oxygens (including phenoxy) is 3. The summed E-state index contributed by atoms with van der Waals surface area (Å²) in [6.45, 7) is -0.260. The van der Waals surface area contributed by atoms with Crippen molar-refractivity contribution in [1.82, 2.24) is 0 Å². The van der Waals surface area contributed by atoms with E-state index in [-0.39, 0.29) is 12.5 Å². The number of amides is 2. The first-order chi connectivity index (χ1) is 15.5. The van der Waals surface area contributed by atoms with E-state index < -0.39 is 5.91 Å². The zero-order valence-corrected chi connectivity index (χ0v) is 18.0. The van der Waals surface area contributed by atoms with E-state index in [0.717, 1.165) is 0 Å². The number of nitrogens with two attached hydrogens (primary N) is 1. The number of carbonyl (C=O) groups excluding carboxylic acids is 2. The Kier molecular flexibility index (Phi) is 7.72. The van der Waals surface area contributed by atoms with Crippen molar-refractivity contribution in [3.63, 3.8) is 0 Å². The largest absolute Gasteiger partial charge is 0.493 e. The number of methoxy groups -OCH3 is 1. The molecule has 0 heterocycles. The Morgan fingerprint density at radius 3 is 2.41 bits per heavy atom. The van der Waals surface area contributed by atoms with E-state index in [1.165, 1.54) is 13.2 Å². The Balaban J connectivity index is 1.70. The fraction of sp³-hybridized carbons (Fsp3) is 0.0833. The Hall–Kier alpha value is -3.97. The molecule has 0 radical (unpaired) electrons. The molecule has 0 saturated heterocycles. The molecule has 0 atom stereocenters. The molecule has 0 saturated carbocycles. The third-order valence-electron chi connectivity index (χ3n) is 4.19. The average molecular weight is 453 g/mol. The van der Waals surface area contributed by atoms with Gasteiger partial charge in [0.15, 0.2) is 23.9 Å². The van der Waals surface area contributed by atoms with Crippen molar-refractivity contribution in [2.24, 2.45) is 5.73 Å². The van der Waals surface area contributed by atoms with Gasteiger partial charge >= 0.3 is 0 Å². The van der Waals surface area contributed by atoms with E-state index in [1.807, 2.05) is 6.07 Å². The zero-order valence-electron chi connectivity index (χ0n) is 17.2. The van der Waals surface area contributed by atoms with Gasteiger partial charge in [-0.25, -0.2) is 0 Å². The SMILES string of the molecule is COc1cc(C=CC(=O)Nc2ccccc2Oc2ccccc2Cl)ccc1OCC(N)=O. The van der Waals surface area contributed by atoms with Gasteiger partial charge < -0.3 is 25.3 Å². The summed E-state index contributed by atoms with van der Waals surface area (Å²) < 4.78 is 16.4. The van der Waals surface area contributed by atoms with Crippen LogP contribution in [0.3, 0.4) is 0 Å². The molecule has 0 aromatic heterocycles. The highest BCUT2D eigenvalue weighted by molar-refractivity contribution is 6.32. The third kappa shape index (κ3) is 6.26. The Morgan fingerprint density at radius 1 is 0.969 bits per heavy atom. The highest BCUT2D eigenvalue weighted by Crippen LogP contribution is 2.33. The van der Waals surface area contributed by atoms with Crippen LogP contribution in [0.2, 0.25) is 5.02 Å². The van der Waals surface area contributed by atoms with E-state index in [1.54, 1.807) is 66.7 Å². The van der Waals surface area contributed by atoms with Gasteiger partial charge in [0, 0.05) is 6.08 Å². The normalized spacial score (nSPS) is 10.6. The van der Waals surface area contributed by atoms with E-state index in [9.17, 15) is 9.59 Å². The highest BCUT2D eigenvalue weighted by Gasteiger charge is 2.09. The lowest BCUT2D eigenvalue weighted by atomic mass is 10.2. The molecule has 3 rings (SSSR count). The van der Waals surface area contributed by atoms with Crippen molar-refractivity contribution in [2.45, 2.75) is 0 Å². The number of hydrogen-bond donors (Lipinski definition) is 2. The van der Waals surface area contributed by atoms with Crippen LogP contribution >= 0.6 is 11.6 Å². The summed E-state index contributed by atoms with van der Waals surface area (Å²) in [5.41, 5.74) is 6.28. The molecule has 0 spiro atoms. The quantitative estimate of drug-likeness (QED) is 0.460. The Morgan fingerprint density at radius 2 is 1.69 bits per heavy atom. The molecule has 3 aromatic rings. The van der Waals surface area contributed by atoms with Crippen LogP contribution < -0.4 is 25.3 Å². The summed E-state index contributed by atoms with van der Waals surface area (Å²) in [5.74, 6) is 0.780. The van der Waals surface area contributed by atoms with Crippen LogP contribution in [0.25, 0.3) is 6.08 Å². The summed E-state index contributed by atoms with van der Waals surface area (Å²) >= 11 is 6.16. The number of hydrogen-bond acceptors (Lipinski definition) is 5. The van der Waals surface area contributed by atoms with Gasteiger partial charge in [0.2, 0.25) is 5.91 Å². The van der Waals surface area contributed by atoms with E-state index in [2.05, 4.69) is 5.32 Å². The summed E-state index contributed by atoms with van der Waals surface area (Å²) in [7, 11) is 1.47. The summed E-state index contributed by atoms with van der Waals surface area (Å²) in [6, 6.07) is 19.1. The number of benzene rings is 3.